The Morgan fingerprint density at radius 1 is 1.52 bits per heavy atom. The Labute approximate surface area is 131 Å². The fraction of sp³-hybridized carbons (Fsp3) is 0.375. The number of nitrogens with zero attached hydrogens (tertiary/aromatic N) is 1. The van der Waals surface area contributed by atoms with E-state index in [-0.39, 0.29) is 5.91 Å². The van der Waals surface area contributed by atoms with Crippen LogP contribution in [0.4, 0.5) is 5.69 Å². The molecular formula is C16H23N3OS. The van der Waals surface area contributed by atoms with Crippen molar-refractivity contribution in [2.75, 3.05) is 0 Å². The van der Waals surface area contributed by atoms with E-state index in [1.54, 1.807) is 12.3 Å². The van der Waals surface area contributed by atoms with Crippen molar-refractivity contribution in [2.45, 2.75) is 38.1 Å². The molecule has 0 heterocycles. The summed E-state index contributed by atoms with van der Waals surface area (Å²) >= 11 is 1.25. The molecule has 4 nitrogen and oxygen atoms in total. The molecular weight excluding hydrogens is 282 g/mol. The van der Waals surface area contributed by atoms with E-state index in [1.807, 2.05) is 39.0 Å². The molecule has 1 unspecified atom stereocenters. The molecule has 1 rings (SSSR count). The Morgan fingerprint density at radius 3 is 2.86 bits per heavy atom. The lowest BCUT2D eigenvalue weighted by atomic mass is 10.0. The fourth-order valence-corrected chi connectivity index (χ4v) is 2.62. The zero-order valence-electron chi connectivity index (χ0n) is 12.8. The number of aliphatic imine (C=N–C) groups is 1. The number of aryl methyl sites for hydroxylation is 1. The topological polar surface area (TPSA) is 67.5 Å². The molecule has 21 heavy (non-hydrogen) atoms. The van der Waals surface area contributed by atoms with Crippen LogP contribution in [0.1, 0.15) is 25.8 Å². The Hall–Kier alpha value is -1.59. The minimum absolute atomic E-state index is 0.158. The third kappa shape index (κ3) is 5.73. The molecule has 0 aliphatic rings. The quantitative estimate of drug-likeness (QED) is 0.599. The Bertz CT molecular complexity index is 526. The molecule has 0 aliphatic heterocycles. The van der Waals surface area contributed by atoms with E-state index >= 15 is 0 Å². The van der Waals surface area contributed by atoms with Crippen LogP contribution in [-0.4, -0.2) is 18.2 Å². The average Bonchev–Trinajstić information content (AvgIpc) is 2.43. The zero-order valence-corrected chi connectivity index (χ0v) is 13.6. The number of para-hydroxylation sites is 1. The Kier molecular flexibility index (Phi) is 7.19. The molecule has 1 aromatic carbocycles. The molecule has 0 aliphatic carbocycles. The highest BCUT2D eigenvalue weighted by atomic mass is 32.2. The minimum atomic E-state index is -0.484. The fourth-order valence-electron chi connectivity index (χ4n) is 1.80. The second-order valence-electron chi connectivity index (χ2n) is 5.24. The smallest absolute Gasteiger partial charge is 0.246 e. The van der Waals surface area contributed by atoms with Gasteiger partial charge in [0.2, 0.25) is 5.91 Å². The first-order valence-electron chi connectivity index (χ1n) is 6.92. The number of amides is 1. The van der Waals surface area contributed by atoms with Crippen LogP contribution in [0.25, 0.3) is 0 Å². The number of carbonyl (C=O) groups is 1. The van der Waals surface area contributed by atoms with Gasteiger partial charge in [0.15, 0.2) is 0 Å². The second-order valence-corrected chi connectivity index (χ2v) is 6.09. The van der Waals surface area contributed by atoms with Crippen LogP contribution in [0.5, 0.6) is 0 Å². The van der Waals surface area contributed by atoms with Gasteiger partial charge in [0.25, 0.3) is 0 Å². The van der Waals surface area contributed by atoms with Gasteiger partial charge in [-0.2, -0.15) is 0 Å². The maximum absolute atomic E-state index is 12.0. The van der Waals surface area contributed by atoms with Crippen molar-refractivity contribution in [3.63, 3.8) is 0 Å². The van der Waals surface area contributed by atoms with Gasteiger partial charge in [0.05, 0.1) is 16.6 Å². The highest BCUT2D eigenvalue weighted by Gasteiger charge is 2.15. The molecule has 0 saturated carbocycles. The van der Waals surface area contributed by atoms with Gasteiger partial charge in [-0.3, -0.25) is 14.5 Å². The first kappa shape index (κ1) is 17.5. The number of allylic oxidation sites excluding steroid dienone is 1. The third-order valence-electron chi connectivity index (χ3n) is 2.83. The average molecular weight is 305 g/mol. The summed E-state index contributed by atoms with van der Waals surface area (Å²) in [5, 5.41) is 0. The van der Waals surface area contributed by atoms with Gasteiger partial charge in [-0.1, -0.05) is 38.6 Å². The second kappa shape index (κ2) is 8.64. The largest absolute Gasteiger partial charge is 0.320 e. The zero-order chi connectivity index (χ0) is 15.8. The summed E-state index contributed by atoms with van der Waals surface area (Å²) in [5.41, 5.74) is 7.74. The van der Waals surface area contributed by atoms with Crippen LogP contribution in [0.15, 0.2) is 40.7 Å². The monoisotopic (exact) mass is 305 g/mol. The highest BCUT2D eigenvalue weighted by molar-refractivity contribution is 7.98. The molecule has 0 fully saturated rings. The SMILES string of the molecule is C=CC=Nc1c(C)cccc1SNC(=O)C(N)CC(C)C. The van der Waals surface area contributed by atoms with Crippen molar-refractivity contribution in [1.82, 2.24) is 4.72 Å². The lowest BCUT2D eigenvalue weighted by Gasteiger charge is -2.14. The van der Waals surface area contributed by atoms with Crippen LogP contribution >= 0.6 is 11.9 Å². The normalized spacial score (nSPS) is 12.6. The number of hydrogen-bond donors (Lipinski definition) is 2. The van der Waals surface area contributed by atoms with Crippen molar-refractivity contribution in [2.24, 2.45) is 16.6 Å². The molecule has 114 valence electrons. The molecule has 3 N–H and O–H groups in total. The predicted octanol–water partition coefficient (Wildman–Crippen LogP) is 3.38. The van der Waals surface area contributed by atoms with Gasteiger partial charge in [0.1, 0.15) is 0 Å². The Balaban J connectivity index is 2.75. The standard InChI is InChI=1S/C16H23N3OS/c1-5-9-18-15-12(4)7-6-8-14(15)21-19-16(20)13(17)10-11(2)3/h5-9,11,13H,1,10,17H2,2-4H3,(H,19,20). The third-order valence-corrected chi connectivity index (χ3v) is 3.69. The number of rotatable bonds is 7. The minimum Gasteiger partial charge on any atom is -0.320 e. The molecule has 0 aromatic heterocycles. The van der Waals surface area contributed by atoms with Crippen LogP contribution in [0.3, 0.4) is 0 Å². The van der Waals surface area contributed by atoms with Crippen molar-refractivity contribution < 1.29 is 4.79 Å². The van der Waals surface area contributed by atoms with E-state index in [2.05, 4.69) is 16.3 Å². The van der Waals surface area contributed by atoms with Crippen LogP contribution < -0.4 is 10.5 Å². The number of nitrogens with two attached hydrogens (primary N) is 1. The van der Waals surface area contributed by atoms with Crippen molar-refractivity contribution in [3.8, 4) is 0 Å². The van der Waals surface area contributed by atoms with Crippen LogP contribution in [-0.2, 0) is 4.79 Å². The molecule has 0 saturated heterocycles. The lowest BCUT2D eigenvalue weighted by Crippen LogP contribution is -2.38. The maximum atomic E-state index is 12.0. The summed E-state index contributed by atoms with van der Waals surface area (Å²) < 4.78 is 2.80. The molecule has 1 amide bonds. The summed E-state index contributed by atoms with van der Waals surface area (Å²) in [7, 11) is 0. The number of hydrogen-bond acceptors (Lipinski definition) is 4. The van der Waals surface area contributed by atoms with E-state index in [9.17, 15) is 4.79 Å². The van der Waals surface area contributed by atoms with Crippen LogP contribution in [0.2, 0.25) is 0 Å². The van der Waals surface area contributed by atoms with Gasteiger partial charge >= 0.3 is 0 Å². The summed E-state index contributed by atoms with van der Waals surface area (Å²) in [6.07, 6.45) is 3.93. The molecule has 0 radical (unpaired) electrons. The molecule has 1 atom stereocenters. The van der Waals surface area contributed by atoms with E-state index < -0.39 is 6.04 Å². The lowest BCUT2D eigenvalue weighted by molar-refractivity contribution is -0.120. The van der Waals surface area contributed by atoms with E-state index in [0.717, 1.165) is 16.1 Å². The van der Waals surface area contributed by atoms with Gasteiger partial charge in [0, 0.05) is 6.21 Å². The van der Waals surface area contributed by atoms with Crippen molar-refractivity contribution >= 4 is 29.8 Å². The maximum Gasteiger partial charge on any atom is 0.246 e. The summed E-state index contributed by atoms with van der Waals surface area (Å²) in [6, 6.07) is 5.35. The predicted molar refractivity (Wildman–Crippen MR) is 91.0 cm³/mol. The molecule has 0 bridgehead atoms. The van der Waals surface area contributed by atoms with Gasteiger partial charge in [-0.15, -0.1) is 0 Å². The van der Waals surface area contributed by atoms with Gasteiger partial charge < -0.3 is 5.73 Å². The van der Waals surface area contributed by atoms with E-state index in [0.29, 0.717) is 12.3 Å². The molecule has 5 heteroatoms. The highest BCUT2D eigenvalue weighted by Crippen LogP contribution is 2.30. The molecule has 0 spiro atoms. The number of carbonyl (C=O) groups excluding carboxylic acids is 1. The van der Waals surface area contributed by atoms with Crippen LogP contribution in [0, 0.1) is 12.8 Å². The van der Waals surface area contributed by atoms with Crippen molar-refractivity contribution in [1.29, 1.82) is 0 Å². The summed E-state index contributed by atoms with van der Waals surface area (Å²) in [6.45, 7) is 9.69. The van der Waals surface area contributed by atoms with Crippen molar-refractivity contribution in [3.05, 3.63) is 36.4 Å². The summed E-state index contributed by atoms with van der Waals surface area (Å²) in [4.78, 5) is 17.2. The first-order chi connectivity index (χ1) is 9.95. The van der Waals surface area contributed by atoms with E-state index in [4.69, 9.17) is 5.73 Å². The number of benzene rings is 1. The number of nitrogens with one attached hydrogen (secondary N) is 1. The van der Waals surface area contributed by atoms with Gasteiger partial charge in [-0.05, 0) is 42.8 Å². The first-order valence-corrected chi connectivity index (χ1v) is 7.74. The van der Waals surface area contributed by atoms with Gasteiger partial charge in [-0.25, -0.2) is 0 Å². The van der Waals surface area contributed by atoms with E-state index in [1.165, 1.54) is 11.9 Å². The Morgan fingerprint density at radius 2 is 2.24 bits per heavy atom. The summed E-state index contributed by atoms with van der Waals surface area (Å²) in [5.74, 6) is 0.233. The molecule has 1 aromatic rings.